The van der Waals surface area contributed by atoms with Gasteiger partial charge < -0.3 is 9.32 Å². The van der Waals surface area contributed by atoms with Gasteiger partial charge in [0.15, 0.2) is 17.9 Å². The molecule has 1 aromatic carbocycles. The van der Waals surface area contributed by atoms with Crippen LogP contribution < -0.4 is 4.90 Å². The maximum Gasteiger partial charge on any atom is 0.196 e. The first-order valence-electron chi connectivity index (χ1n) is 5.67. The standard InChI is InChI=1S/C14H15NO2/c1-2-15(10-12-6-4-3-5-7-12)14-9-8-13(11-16)17-14/h3-9,11H,2,10H2,1H3. The van der Waals surface area contributed by atoms with Crippen LogP contribution in [0.15, 0.2) is 46.9 Å². The number of aldehydes is 1. The summed E-state index contributed by atoms with van der Waals surface area (Å²) in [6.45, 7) is 3.68. The molecule has 2 aromatic rings. The number of hydrogen-bond donors (Lipinski definition) is 0. The van der Waals surface area contributed by atoms with E-state index in [0.29, 0.717) is 5.76 Å². The molecule has 3 nitrogen and oxygen atoms in total. The molecule has 0 N–H and O–H groups in total. The molecule has 0 aliphatic carbocycles. The van der Waals surface area contributed by atoms with Gasteiger partial charge in [-0.2, -0.15) is 0 Å². The predicted molar refractivity (Wildman–Crippen MR) is 67.3 cm³/mol. The number of nitrogens with zero attached hydrogens (tertiary/aromatic N) is 1. The second kappa shape index (κ2) is 5.34. The summed E-state index contributed by atoms with van der Waals surface area (Å²) in [4.78, 5) is 12.7. The van der Waals surface area contributed by atoms with Gasteiger partial charge in [-0.25, -0.2) is 0 Å². The number of anilines is 1. The van der Waals surface area contributed by atoms with Gasteiger partial charge in [0.1, 0.15) is 0 Å². The van der Waals surface area contributed by atoms with Crippen LogP contribution in [-0.2, 0) is 6.54 Å². The Bertz CT molecular complexity index is 476. The second-order valence-electron chi connectivity index (χ2n) is 3.79. The average molecular weight is 229 g/mol. The molecule has 1 aromatic heterocycles. The van der Waals surface area contributed by atoms with Crippen molar-refractivity contribution in [3.8, 4) is 0 Å². The lowest BCUT2D eigenvalue weighted by Crippen LogP contribution is -2.21. The number of benzene rings is 1. The van der Waals surface area contributed by atoms with Crippen LogP contribution in [0.25, 0.3) is 0 Å². The summed E-state index contributed by atoms with van der Waals surface area (Å²) in [6, 6.07) is 13.7. The largest absolute Gasteiger partial charge is 0.438 e. The molecule has 0 aliphatic rings. The van der Waals surface area contributed by atoms with Crippen LogP contribution in [0.3, 0.4) is 0 Å². The Kier molecular flexibility index (Phi) is 3.60. The van der Waals surface area contributed by atoms with E-state index in [-0.39, 0.29) is 0 Å². The smallest absolute Gasteiger partial charge is 0.196 e. The third-order valence-corrected chi connectivity index (χ3v) is 2.64. The Labute approximate surface area is 101 Å². The van der Waals surface area contributed by atoms with Gasteiger partial charge in [0, 0.05) is 19.2 Å². The molecular formula is C14H15NO2. The van der Waals surface area contributed by atoms with Crippen molar-refractivity contribution in [1.29, 1.82) is 0 Å². The topological polar surface area (TPSA) is 33.5 Å². The highest BCUT2D eigenvalue weighted by molar-refractivity contribution is 5.71. The summed E-state index contributed by atoms with van der Waals surface area (Å²) in [5.74, 6) is 1.10. The fourth-order valence-corrected chi connectivity index (χ4v) is 1.72. The van der Waals surface area contributed by atoms with E-state index in [4.69, 9.17) is 4.42 Å². The van der Waals surface area contributed by atoms with Crippen LogP contribution in [0.2, 0.25) is 0 Å². The minimum absolute atomic E-state index is 0.367. The number of carbonyl (C=O) groups excluding carboxylic acids is 1. The molecule has 17 heavy (non-hydrogen) atoms. The van der Waals surface area contributed by atoms with Gasteiger partial charge in [0.2, 0.25) is 0 Å². The Hall–Kier alpha value is -2.03. The van der Waals surface area contributed by atoms with E-state index < -0.39 is 0 Å². The van der Waals surface area contributed by atoms with Crippen molar-refractivity contribution in [3.63, 3.8) is 0 Å². The molecule has 1 heterocycles. The predicted octanol–water partition coefficient (Wildman–Crippen LogP) is 3.12. The maximum absolute atomic E-state index is 10.6. The van der Waals surface area contributed by atoms with Crippen molar-refractivity contribution in [2.24, 2.45) is 0 Å². The normalized spacial score (nSPS) is 10.2. The molecule has 0 bridgehead atoms. The molecule has 0 spiro atoms. The van der Waals surface area contributed by atoms with Crippen LogP contribution >= 0.6 is 0 Å². The third kappa shape index (κ3) is 2.75. The molecule has 0 unspecified atom stereocenters. The molecule has 0 saturated carbocycles. The molecular weight excluding hydrogens is 214 g/mol. The lowest BCUT2D eigenvalue weighted by atomic mass is 10.2. The zero-order chi connectivity index (χ0) is 12.1. The number of carbonyl (C=O) groups is 1. The van der Waals surface area contributed by atoms with Gasteiger partial charge in [-0.05, 0) is 18.6 Å². The maximum atomic E-state index is 10.6. The first kappa shape index (κ1) is 11.5. The molecule has 0 amide bonds. The van der Waals surface area contributed by atoms with Gasteiger partial charge in [0.05, 0.1) is 0 Å². The summed E-state index contributed by atoms with van der Waals surface area (Å²) in [5, 5.41) is 0. The van der Waals surface area contributed by atoms with Crippen LogP contribution in [-0.4, -0.2) is 12.8 Å². The highest BCUT2D eigenvalue weighted by Gasteiger charge is 2.09. The van der Waals surface area contributed by atoms with Crippen molar-refractivity contribution in [2.45, 2.75) is 13.5 Å². The fraction of sp³-hybridized carbons (Fsp3) is 0.214. The van der Waals surface area contributed by atoms with Gasteiger partial charge in [-0.15, -0.1) is 0 Å². The van der Waals surface area contributed by atoms with E-state index in [1.54, 1.807) is 6.07 Å². The van der Waals surface area contributed by atoms with Crippen molar-refractivity contribution in [1.82, 2.24) is 0 Å². The molecule has 0 radical (unpaired) electrons. The zero-order valence-electron chi connectivity index (χ0n) is 9.80. The molecule has 3 heteroatoms. The van der Waals surface area contributed by atoms with Crippen molar-refractivity contribution in [3.05, 3.63) is 53.8 Å². The summed E-state index contributed by atoms with van der Waals surface area (Å²) in [6.07, 6.45) is 0.722. The minimum Gasteiger partial charge on any atom is -0.438 e. The second-order valence-corrected chi connectivity index (χ2v) is 3.79. The van der Waals surface area contributed by atoms with Crippen LogP contribution in [0.5, 0.6) is 0 Å². The Balaban J connectivity index is 2.14. The van der Waals surface area contributed by atoms with Crippen molar-refractivity contribution >= 4 is 12.2 Å². The quantitative estimate of drug-likeness (QED) is 0.738. The van der Waals surface area contributed by atoms with Crippen LogP contribution in [0.4, 0.5) is 5.88 Å². The highest BCUT2D eigenvalue weighted by atomic mass is 16.4. The molecule has 0 aliphatic heterocycles. The first-order valence-corrected chi connectivity index (χ1v) is 5.67. The van der Waals surface area contributed by atoms with Crippen LogP contribution in [0, 0.1) is 0 Å². The minimum atomic E-state index is 0.367. The molecule has 88 valence electrons. The summed E-state index contributed by atoms with van der Waals surface area (Å²) < 4.78 is 5.42. The summed E-state index contributed by atoms with van der Waals surface area (Å²) in [5.41, 5.74) is 1.22. The number of hydrogen-bond acceptors (Lipinski definition) is 3. The zero-order valence-corrected chi connectivity index (χ0v) is 9.80. The van der Waals surface area contributed by atoms with E-state index >= 15 is 0 Å². The van der Waals surface area contributed by atoms with Crippen molar-refractivity contribution in [2.75, 3.05) is 11.4 Å². The van der Waals surface area contributed by atoms with E-state index in [2.05, 4.69) is 24.0 Å². The third-order valence-electron chi connectivity index (χ3n) is 2.64. The van der Waals surface area contributed by atoms with E-state index in [1.165, 1.54) is 5.56 Å². The van der Waals surface area contributed by atoms with Gasteiger partial charge in [-0.1, -0.05) is 30.3 Å². The molecule has 2 rings (SSSR count). The first-order chi connectivity index (χ1) is 8.33. The van der Waals surface area contributed by atoms with E-state index in [0.717, 1.165) is 25.3 Å². The van der Waals surface area contributed by atoms with Crippen molar-refractivity contribution < 1.29 is 9.21 Å². The lowest BCUT2D eigenvalue weighted by Gasteiger charge is -2.19. The summed E-state index contributed by atoms with van der Waals surface area (Å²) >= 11 is 0. The van der Waals surface area contributed by atoms with Gasteiger partial charge in [-0.3, -0.25) is 4.79 Å². The molecule has 0 fully saturated rings. The lowest BCUT2D eigenvalue weighted by molar-refractivity contribution is 0.110. The number of rotatable bonds is 5. The Morgan fingerprint density at radius 1 is 1.18 bits per heavy atom. The SMILES string of the molecule is CCN(Cc1ccccc1)c1ccc(C=O)o1. The van der Waals surface area contributed by atoms with Gasteiger partial charge in [0.25, 0.3) is 0 Å². The molecule has 0 saturated heterocycles. The van der Waals surface area contributed by atoms with E-state index in [1.807, 2.05) is 24.3 Å². The average Bonchev–Trinajstić information content (AvgIpc) is 2.86. The van der Waals surface area contributed by atoms with Gasteiger partial charge >= 0.3 is 0 Å². The Morgan fingerprint density at radius 2 is 1.94 bits per heavy atom. The number of furan rings is 1. The monoisotopic (exact) mass is 229 g/mol. The fourth-order valence-electron chi connectivity index (χ4n) is 1.72. The van der Waals surface area contributed by atoms with E-state index in [9.17, 15) is 4.79 Å². The highest BCUT2D eigenvalue weighted by Crippen LogP contribution is 2.19. The molecule has 0 atom stereocenters. The Morgan fingerprint density at radius 3 is 2.53 bits per heavy atom. The summed E-state index contributed by atoms with van der Waals surface area (Å²) in [7, 11) is 0. The van der Waals surface area contributed by atoms with Crippen LogP contribution in [0.1, 0.15) is 23.0 Å².